The van der Waals surface area contributed by atoms with Gasteiger partial charge in [0.1, 0.15) is 15.6 Å². The lowest BCUT2D eigenvalue weighted by Gasteiger charge is -2.05. The summed E-state index contributed by atoms with van der Waals surface area (Å²) in [5.41, 5.74) is 2.07. The summed E-state index contributed by atoms with van der Waals surface area (Å²) in [7, 11) is 0. The SMILES string of the molecule is Cc1nc(CNC(=O)c2ccc3c(c2)CCO3)sc1C(=O)O. The largest absolute Gasteiger partial charge is 0.493 e. The molecule has 0 spiro atoms. The molecule has 1 aromatic heterocycles. The Morgan fingerprint density at radius 1 is 1.45 bits per heavy atom. The molecule has 0 saturated carbocycles. The predicted octanol–water partition coefficient (Wildman–Crippen LogP) is 2.01. The summed E-state index contributed by atoms with van der Waals surface area (Å²) >= 11 is 1.08. The third-order valence-corrected chi connectivity index (χ3v) is 4.53. The zero-order valence-electron chi connectivity index (χ0n) is 11.9. The number of nitrogens with one attached hydrogen (secondary N) is 1. The van der Waals surface area contributed by atoms with Crippen LogP contribution in [0.3, 0.4) is 0 Å². The third-order valence-electron chi connectivity index (χ3n) is 3.39. The molecule has 7 heteroatoms. The molecule has 114 valence electrons. The zero-order chi connectivity index (χ0) is 15.7. The number of carbonyl (C=O) groups is 2. The number of ether oxygens (including phenoxy) is 1. The van der Waals surface area contributed by atoms with E-state index < -0.39 is 5.97 Å². The molecule has 0 saturated heterocycles. The fraction of sp³-hybridized carbons (Fsp3) is 0.267. The Labute approximate surface area is 130 Å². The normalized spacial score (nSPS) is 12.6. The maximum atomic E-state index is 12.2. The van der Waals surface area contributed by atoms with E-state index in [0.717, 1.165) is 29.1 Å². The molecular formula is C15H14N2O4S. The van der Waals surface area contributed by atoms with Crippen LogP contribution in [-0.4, -0.2) is 28.6 Å². The number of aryl methyl sites for hydroxylation is 1. The standard InChI is InChI=1S/C15H14N2O4S/c1-8-13(15(19)20)22-12(17-8)7-16-14(18)10-2-3-11-9(6-10)4-5-21-11/h2-3,6H,4-5,7H2,1H3,(H,16,18)(H,19,20). The number of rotatable bonds is 4. The Balaban J connectivity index is 1.67. The summed E-state index contributed by atoms with van der Waals surface area (Å²) in [5, 5.41) is 12.3. The van der Waals surface area contributed by atoms with E-state index in [9.17, 15) is 9.59 Å². The quantitative estimate of drug-likeness (QED) is 0.900. The lowest BCUT2D eigenvalue weighted by Crippen LogP contribution is -2.22. The van der Waals surface area contributed by atoms with E-state index in [-0.39, 0.29) is 17.3 Å². The fourth-order valence-corrected chi connectivity index (χ4v) is 3.16. The van der Waals surface area contributed by atoms with E-state index in [1.807, 2.05) is 6.07 Å². The van der Waals surface area contributed by atoms with Crippen molar-refractivity contribution >= 4 is 23.2 Å². The van der Waals surface area contributed by atoms with Gasteiger partial charge >= 0.3 is 5.97 Å². The topological polar surface area (TPSA) is 88.5 Å². The number of carboxylic acid groups (broad SMARTS) is 1. The molecule has 6 nitrogen and oxygen atoms in total. The Hall–Kier alpha value is -2.41. The van der Waals surface area contributed by atoms with Gasteiger partial charge in [-0.25, -0.2) is 9.78 Å². The number of thiazole rings is 1. The molecule has 0 aliphatic carbocycles. The first-order valence-electron chi connectivity index (χ1n) is 6.78. The van der Waals surface area contributed by atoms with E-state index in [2.05, 4.69) is 10.3 Å². The Kier molecular flexibility index (Phi) is 3.81. The van der Waals surface area contributed by atoms with Crippen molar-refractivity contribution in [3.63, 3.8) is 0 Å². The van der Waals surface area contributed by atoms with Gasteiger partial charge in [0.15, 0.2) is 0 Å². The lowest BCUT2D eigenvalue weighted by molar-refractivity contribution is 0.0701. The van der Waals surface area contributed by atoms with Crippen LogP contribution in [-0.2, 0) is 13.0 Å². The second-order valence-electron chi connectivity index (χ2n) is 4.93. The van der Waals surface area contributed by atoms with Crippen LogP contribution < -0.4 is 10.1 Å². The molecule has 1 aromatic carbocycles. The van der Waals surface area contributed by atoms with Crippen molar-refractivity contribution in [2.24, 2.45) is 0 Å². The van der Waals surface area contributed by atoms with Gasteiger partial charge < -0.3 is 15.2 Å². The number of amides is 1. The van der Waals surface area contributed by atoms with Crippen LogP contribution in [0.2, 0.25) is 0 Å². The monoisotopic (exact) mass is 318 g/mol. The minimum atomic E-state index is -0.994. The van der Waals surface area contributed by atoms with Crippen LogP contribution in [0, 0.1) is 6.92 Å². The minimum Gasteiger partial charge on any atom is -0.493 e. The minimum absolute atomic E-state index is 0.207. The molecule has 2 N–H and O–H groups in total. The number of carbonyl (C=O) groups excluding carboxylic acids is 1. The number of hydrogen-bond donors (Lipinski definition) is 2. The van der Waals surface area contributed by atoms with Crippen LogP contribution in [0.5, 0.6) is 5.75 Å². The van der Waals surface area contributed by atoms with Crippen molar-refractivity contribution in [3.05, 3.63) is 44.9 Å². The van der Waals surface area contributed by atoms with Crippen molar-refractivity contribution in [3.8, 4) is 5.75 Å². The molecule has 0 fully saturated rings. The Bertz CT molecular complexity index is 754. The summed E-state index contributed by atoms with van der Waals surface area (Å²) in [5.74, 6) is -0.371. The zero-order valence-corrected chi connectivity index (χ0v) is 12.7. The highest BCUT2D eigenvalue weighted by molar-refractivity contribution is 7.13. The maximum absolute atomic E-state index is 12.2. The van der Waals surface area contributed by atoms with Crippen LogP contribution >= 0.6 is 11.3 Å². The maximum Gasteiger partial charge on any atom is 0.347 e. The van der Waals surface area contributed by atoms with Gasteiger partial charge in [0, 0.05) is 12.0 Å². The summed E-state index contributed by atoms with van der Waals surface area (Å²) in [4.78, 5) is 27.5. The average Bonchev–Trinajstić information content (AvgIpc) is 3.09. The van der Waals surface area contributed by atoms with Gasteiger partial charge in [-0.05, 0) is 30.7 Å². The summed E-state index contributed by atoms with van der Waals surface area (Å²) < 4.78 is 5.41. The number of carboxylic acids is 1. The highest BCUT2D eigenvalue weighted by atomic mass is 32.1. The highest BCUT2D eigenvalue weighted by Crippen LogP contribution is 2.26. The number of aromatic carboxylic acids is 1. The predicted molar refractivity (Wildman–Crippen MR) is 80.6 cm³/mol. The number of aromatic nitrogens is 1. The van der Waals surface area contributed by atoms with Crippen LogP contribution in [0.15, 0.2) is 18.2 Å². The average molecular weight is 318 g/mol. The summed E-state index contributed by atoms with van der Waals surface area (Å²) in [6, 6.07) is 5.34. The van der Waals surface area contributed by atoms with Gasteiger partial charge in [-0.15, -0.1) is 11.3 Å². The van der Waals surface area contributed by atoms with Gasteiger partial charge in [0.25, 0.3) is 5.91 Å². The van der Waals surface area contributed by atoms with Gasteiger partial charge in [-0.3, -0.25) is 4.79 Å². The molecule has 1 amide bonds. The van der Waals surface area contributed by atoms with E-state index >= 15 is 0 Å². The van der Waals surface area contributed by atoms with Gasteiger partial charge in [0.05, 0.1) is 18.8 Å². The van der Waals surface area contributed by atoms with Crippen molar-refractivity contribution in [1.82, 2.24) is 10.3 Å². The van der Waals surface area contributed by atoms with Crippen molar-refractivity contribution in [1.29, 1.82) is 0 Å². The molecule has 22 heavy (non-hydrogen) atoms. The van der Waals surface area contributed by atoms with Crippen LogP contribution in [0.4, 0.5) is 0 Å². The molecule has 2 heterocycles. The lowest BCUT2D eigenvalue weighted by atomic mass is 10.1. The summed E-state index contributed by atoms with van der Waals surface area (Å²) in [6.07, 6.45) is 0.810. The van der Waals surface area contributed by atoms with Gasteiger partial charge in [0.2, 0.25) is 0 Å². The number of fused-ring (bicyclic) bond motifs is 1. The third kappa shape index (κ3) is 2.80. The second-order valence-corrected chi connectivity index (χ2v) is 6.01. The molecule has 2 aromatic rings. The van der Waals surface area contributed by atoms with Crippen LogP contribution in [0.1, 0.15) is 36.3 Å². The molecule has 1 aliphatic heterocycles. The van der Waals surface area contributed by atoms with E-state index in [1.54, 1.807) is 19.1 Å². The fourth-order valence-electron chi connectivity index (χ4n) is 2.31. The Morgan fingerprint density at radius 2 is 2.27 bits per heavy atom. The number of hydrogen-bond acceptors (Lipinski definition) is 5. The number of benzene rings is 1. The summed E-state index contributed by atoms with van der Waals surface area (Å²) in [6.45, 7) is 2.51. The smallest absolute Gasteiger partial charge is 0.347 e. The van der Waals surface area contributed by atoms with Crippen LogP contribution in [0.25, 0.3) is 0 Å². The molecule has 3 rings (SSSR count). The van der Waals surface area contributed by atoms with E-state index in [4.69, 9.17) is 9.84 Å². The van der Waals surface area contributed by atoms with Crippen molar-refractivity contribution < 1.29 is 19.4 Å². The molecule has 0 atom stereocenters. The first-order chi connectivity index (χ1) is 10.5. The van der Waals surface area contributed by atoms with E-state index in [0.29, 0.717) is 22.9 Å². The van der Waals surface area contributed by atoms with E-state index in [1.165, 1.54) is 0 Å². The van der Waals surface area contributed by atoms with Crippen molar-refractivity contribution in [2.45, 2.75) is 19.9 Å². The van der Waals surface area contributed by atoms with Gasteiger partial charge in [-0.2, -0.15) is 0 Å². The molecule has 0 unspecified atom stereocenters. The van der Waals surface area contributed by atoms with Crippen molar-refractivity contribution in [2.75, 3.05) is 6.61 Å². The first-order valence-corrected chi connectivity index (χ1v) is 7.60. The molecule has 0 bridgehead atoms. The van der Waals surface area contributed by atoms with Gasteiger partial charge in [-0.1, -0.05) is 0 Å². The Morgan fingerprint density at radius 3 is 3.00 bits per heavy atom. The first kappa shape index (κ1) is 14.5. The second kappa shape index (κ2) is 5.76. The number of nitrogens with zero attached hydrogens (tertiary/aromatic N) is 1. The molecular weight excluding hydrogens is 304 g/mol. The molecule has 0 radical (unpaired) electrons. The molecule has 1 aliphatic rings. The highest BCUT2D eigenvalue weighted by Gasteiger charge is 2.17.